The van der Waals surface area contributed by atoms with Crippen LogP contribution in [-0.2, 0) is 9.59 Å². The van der Waals surface area contributed by atoms with Gasteiger partial charge in [-0.15, -0.1) is 0 Å². The van der Waals surface area contributed by atoms with E-state index in [9.17, 15) is 9.59 Å². The van der Waals surface area contributed by atoms with Crippen LogP contribution >= 0.6 is 0 Å². The van der Waals surface area contributed by atoms with Crippen LogP contribution in [0.2, 0.25) is 0 Å². The maximum absolute atomic E-state index is 13.0. The highest BCUT2D eigenvalue weighted by atomic mass is 16.6. The van der Waals surface area contributed by atoms with E-state index in [0.29, 0.717) is 36.1 Å². The number of rotatable bonds is 7. The molecular formula is C26H25N3O4. The number of hydrazone groups is 1. The van der Waals surface area contributed by atoms with Gasteiger partial charge in [-0.05, 0) is 30.2 Å². The lowest BCUT2D eigenvalue weighted by Crippen LogP contribution is -2.27. The fourth-order valence-corrected chi connectivity index (χ4v) is 3.60. The van der Waals surface area contributed by atoms with Crippen molar-refractivity contribution in [3.05, 3.63) is 90.0 Å². The molecule has 1 aliphatic rings. The van der Waals surface area contributed by atoms with Gasteiger partial charge < -0.3 is 14.8 Å². The lowest BCUT2D eigenvalue weighted by Gasteiger charge is -2.19. The zero-order valence-corrected chi connectivity index (χ0v) is 18.3. The second kappa shape index (κ2) is 10.5. The standard InChI is InChI=1S/C26H25N3O4/c1-18(16-24(30)27-21-12-13-22-23(17-21)33-15-14-32-22)28-29-26(31)25(19-8-4-2-5-9-19)20-10-6-3-7-11-20/h2-13,17,25H,14-16H2,1H3,(H,27,30)(H,29,31)/b28-18+. The van der Waals surface area contributed by atoms with Gasteiger partial charge in [0.15, 0.2) is 11.5 Å². The highest BCUT2D eigenvalue weighted by Gasteiger charge is 2.22. The van der Waals surface area contributed by atoms with Crippen molar-refractivity contribution in [1.82, 2.24) is 5.43 Å². The smallest absolute Gasteiger partial charge is 0.252 e. The van der Waals surface area contributed by atoms with Crippen molar-refractivity contribution in [1.29, 1.82) is 0 Å². The Balaban J connectivity index is 1.39. The minimum Gasteiger partial charge on any atom is -0.486 e. The summed E-state index contributed by atoms with van der Waals surface area (Å²) in [6, 6.07) is 24.3. The Kier molecular flexibility index (Phi) is 6.99. The molecule has 2 amide bonds. The maximum atomic E-state index is 13.0. The third kappa shape index (κ3) is 5.77. The van der Waals surface area contributed by atoms with Crippen LogP contribution in [0.4, 0.5) is 5.69 Å². The minimum atomic E-state index is -0.504. The largest absolute Gasteiger partial charge is 0.486 e. The molecule has 0 aromatic heterocycles. The fourth-order valence-electron chi connectivity index (χ4n) is 3.60. The van der Waals surface area contributed by atoms with E-state index in [2.05, 4.69) is 15.8 Å². The van der Waals surface area contributed by atoms with Crippen molar-refractivity contribution in [2.75, 3.05) is 18.5 Å². The Morgan fingerprint density at radius 2 is 1.48 bits per heavy atom. The van der Waals surface area contributed by atoms with Crippen LogP contribution in [0, 0.1) is 0 Å². The van der Waals surface area contributed by atoms with Gasteiger partial charge in [0.1, 0.15) is 13.2 Å². The number of ether oxygens (including phenoxy) is 2. The second-order valence-electron chi connectivity index (χ2n) is 7.66. The number of benzene rings is 3. The van der Waals surface area contributed by atoms with E-state index >= 15 is 0 Å². The quantitative estimate of drug-likeness (QED) is 0.425. The van der Waals surface area contributed by atoms with Crippen LogP contribution in [0.25, 0.3) is 0 Å². The van der Waals surface area contributed by atoms with Gasteiger partial charge in [0, 0.05) is 17.5 Å². The van der Waals surface area contributed by atoms with Crippen molar-refractivity contribution in [3.8, 4) is 11.5 Å². The summed E-state index contributed by atoms with van der Waals surface area (Å²) in [5, 5.41) is 6.98. The van der Waals surface area contributed by atoms with Crippen LogP contribution in [-0.4, -0.2) is 30.7 Å². The first kappa shape index (κ1) is 22.1. The summed E-state index contributed by atoms with van der Waals surface area (Å²) in [7, 11) is 0. The Bertz CT molecular complexity index is 1110. The van der Waals surface area contributed by atoms with Crippen LogP contribution < -0.4 is 20.2 Å². The molecule has 33 heavy (non-hydrogen) atoms. The van der Waals surface area contributed by atoms with E-state index in [1.807, 2.05) is 60.7 Å². The first-order valence-electron chi connectivity index (χ1n) is 10.7. The van der Waals surface area contributed by atoms with Gasteiger partial charge in [-0.2, -0.15) is 5.10 Å². The summed E-state index contributed by atoms with van der Waals surface area (Å²) in [4.78, 5) is 25.5. The number of fused-ring (bicyclic) bond motifs is 1. The molecule has 3 aromatic rings. The Hall–Kier alpha value is -4.13. The molecule has 0 radical (unpaired) electrons. The summed E-state index contributed by atoms with van der Waals surface area (Å²) in [5.41, 5.74) is 5.44. The fraction of sp³-hybridized carbons (Fsp3) is 0.192. The average molecular weight is 444 g/mol. The predicted octanol–water partition coefficient (Wildman–Crippen LogP) is 4.11. The van der Waals surface area contributed by atoms with E-state index in [1.165, 1.54) is 0 Å². The van der Waals surface area contributed by atoms with E-state index in [4.69, 9.17) is 9.47 Å². The molecule has 1 aliphatic heterocycles. The number of hydrogen-bond donors (Lipinski definition) is 2. The summed E-state index contributed by atoms with van der Waals surface area (Å²) in [6.07, 6.45) is 0.0378. The summed E-state index contributed by atoms with van der Waals surface area (Å²) < 4.78 is 11.0. The van der Waals surface area contributed by atoms with E-state index < -0.39 is 5.92 Å². The van der Waals surface area contributed by atoms with Crippen LogP contribution in [0.5, 0.6) is 11.5 Å². The van der Waals surface area contributed by atoms with Gasteiger partial charge in [-0.1, -0.05) is 60.7 Å². The molecule has 0 atom stereocenters. The van der Waals surface area contributed by atoms with Gasteiger partial charge >= 0.3 is 0 Å². The van der Waals surface area contributed by atoms with Crippen molar-refractivity contribution >= 4 is 23.2 Å². The van der Waals surface area contributed by atoms with E-state index in [0.717, 1.165) is 11.1 Å². The molecule has 0 saturated carbocycles. The molecule has 0 bridgehead atoms. The van der Waals surface area contributed by atoms with Crippen molar-refractivity contribution in [3.63, 3.8) is 0 Å². The zero-order valence-electron chi connectivity index (χ0n) is 18.3. The molecule has 0 fully saturated rings. The molecular weight excluding hydrogens is 418 g/mol. The number of carbonyl (C=O) groups is 2. The van der Waals surface area contributed by atoms with Gasteiger partial charge in [0.05, 0.1) is 12.3 Å². The molecule has 7 nitrogen and oxygen atoms in total. The van der Waals surface area contributed by atoms with Crippen LogP contribution in [0.1, 0.15) is 30.4 Å². The molecule has 0 saturated heterocycles. The van der Waals surface area contributed by atoms with Crippen LogP contribution in [0.3, 0.4) is 0 Å². The molecule has 168 valence electrons. The number of anilines is 1. The topological polar surface area (TPSA) is 89.0 Å². The van der Waals surface area contributed by atoms with Crippen molar-refractivity contribution < 1.29 is 19.1 Å². The summed E-state index contributed by atoms with van der Waals surface area (Å²) >= 11 is 0. The number of nitrogens with zero attached hydrogens (tertiary/aromatic N) is 1. The lowest BCUT2D eigenvalue weighted by molar-refractivity contribution is -0.121. The van der Waals surface area contributed by atoms with Gasteiger partial charge in [-0.25, -0.2) is 5.43 Å². The SMILES string of the molecule is C/C(CC(=O)Nc1ccc2c(c1)OCCO2)=N\NC(=O)C(c1ccccc1)c1ccccc1. The number of nitrogens with one attached hydrogen (secondary N) is 2. The molecule has 0 unspecified atom stereocenters. The van der Waals surface area contributed by atoms with E-state index in [1.54, 1.807) is 25.1 Å². The molecule has 3 aromatic carbocycles. The Labute approximate surface area is 192 Å². The molecule has 2 N–H and O–H groups in total. The number of carbonyl (C=O) groups excluding carboxylic acids is 2. The van der Waals surface area contributed by atoms with Crippen LogP contribution in [0.15, 0.2) is 84.0 Å². The average Bonchev–Trinajstić information content (AvgIpc) is 2.84. The van der Waals surface area contributed by atoms with Crippen molar-refractivity contribution in [2.24, 2.45) is 5.10 Å². The zero-order chi connectivity index (χ0) is 23.0. The lowest BCUT2D eigenvalue weighted by atomic mass is 9.91. The van der Waals surface area contributed by atoms with Gasteiger partial charge in [0.2, 0.25) is 5.91 Å². The van der Waals surface area contributed by atoms with Crippen molar-refractivity contribution in [2.45, 2.75) is 19.3 Å². The first-order chi connectivity index (χ1) is 16.1. The number of hydrogen-bond acceptors (Lipinski definition) is 5. The molecule has 0 aliphatic carbocycles. The minimum absolute atomic E-state index is 0.0378. The Morgan fingerprint density at radius 3 is 2.12 bits per heavy atom. The Morgan fingerprint density at radius 1 is 0.879 bits per heavy atom. The second-order valence-corrected chi connectivity index (χ2v) is 7.66. The number of amides is 2. The summed E-state index contributed by atoms with van der Waals surface area (Å²) in [5.74, 6) is 0.245. The third-order valence-electron chi connectivity index (χ3n) is 5.13. The predicted molar refractivity (Wildman–Crippen MR) is 127 cm³/mol. The molecule has 4 rings (SSSR count). The molecule has 1 heterocycles. The first-order valence-corrected chi connectivity index (χ1v) is 10.7. The highest BCUT2D eigenvalue weighted by Crippen LogP contribution is 2.32. The van der Waals surface area contributed by atoms with E-state index in [-0.39, 0.29) is 18.2 Å². The molecule has 7 heteroatoms. The molecule has 0 spiro atoms. The third-order valence-corrected chi connectivity index (χ3v) is 5.13. The normalized spacial score (nSPS) is 12.8. The monoisotopic (exact) mass is 443 g/mol. The summed E-state index contributed by atoms with van der Waals surface area (Å²) in [6.45, 7) is 2.68. The highest BCUT2D eigenvalue weighted by molar-refractivity contribution is 6.06. The van der Waals surface area contributed by atoms with Gasteiger partial charge in [0.25, 0.3) is 5.91 Å². The maximum Gasteiger partial charge on any atom is 0.252 e. The van der Waals surface area contributed by atoms with Gasteiger partial charge in [-0.3, -0.25) is 9.59 Å².